The maximum absolute atomic E-state index is 5.55. The molecule has 0 rings (SSSR count). The van der Waals surface area contributed by atoms with E-state index in [1.165, 1.54) is 38.5 Å². The maximum Gasteiger partial charge on any atom is 0.157 e. The number of hydrogen-bond donors (Lipinski definition) is 0. The van der Waals surface area contributed by atoms with Crippen molar-refractivity contribution in [1.82, 2.24) is 0 Å². The van der Waals surface area contributed by atoms with Crippen LogP contribution in [0.25, 0.3) is 0 Å². The van der Waals surface area contributed by atoms with Crippen molar-refractivity contribution in [3.8, 4) is 0 Å². The van der Waals surface area contributed by atoms with E-state index in [0.717, 1.165) is 19.4 Å². The van der Waals surface area contributed by atoms with Crippen molar-refractivity contribution in [3.63, 3.8) is 0 Å². The smallest absolute Gasteiger partial charge is 0.157 e. The van der Waals surface area contributed by atoms with E-state index in [2.05, 4.69) is 13.8 Å². The second-order valence-corrected chi connectivity index (χ2v) is 4.09. The van der Waals surface area contributed by atoms with Crippen molar-refractivity contribution in [2.75, 3.05) is 13.7 Å². The van der Waals surface area contributed by atoms with Gasteiger partial charge in [0.2, 0.25) is 0 Å². The highest BCUT2D eigenvalue weighted by Gasteiger charge is 2.05. The van der Waals surface area contributed by atoms with Crippen LogP contribution in [-0.4, -0.2) is 20.0 Å². The summed E-state index contributed by atoms with van der Waals surface area (Å²) in [4.78, 5) is 0. The average Bonchev–Trinajstić information content (AvgIpc) is 2.27. The van der Waals surface area contributed by atoms with Crippen molar-refractivity contribution in [2.24, 2.45) is 0 Å². The van der Waals surface area contributed by atoms with E-state index in [0.29, 0.717) is 0 Å². The maximum atomic E-state index is 5.55. The van der Waals surface area contributed by atoms with Crippen molar-refractivity contribution < 1.29 is 9.47 Å². The zero-order chi connectivity index (χ0) is 11.4. The molecular formula is C13H28O2. The summed E-state index contributed by atoms with van der Waals surface area (Å²) in [6.45, 7) is 5.19. The molecule has 0 amide bonds. The molecule has 15 heavy (non-hydrogen) atoms. The van der Waals surface area contributed by atoms with Crippen LogP contribution < -0.4 is 0 Å². The Morgan fingerprint density at radius 1 is 0.867 bits per heavy atom. The molecule has 0 saturated carbocycles. The zero-order valence-electron chi connectivity index (χ0n) is 10.8. The van der Waals surface area contributed by atoms with E-state index >= 15 is 0 Å². The number of ether oxygens (including phenoxy) is 2. The highest BCUT2D eigenvalue weighted by atomic mass is 16.7. The first kappa shape index (κ1) is 14.9. The predicted octanol–water partition coefficient (Wildman–Crippen LogP) is 4.14. The van der Waals surface area contributed by atoms with Gasteiger partial charge in [0.15, 0.2) is 6.29 Å². The van der Waals surface area contributed by atoms with Crippen LogP contribution >= 0.6 is 0 Å². The largest absolute Gasteiger partial charge is 0.356 e. The molecule has 92 valence electrons. The molecule has 0 saturated heterocycles. The van der Waals surface area contributed by atoms with Crippen LogP contribution in [0.4, 0.5) is 0 Å². The highest BCUT2D eigenvalue weighted by Crippen LogP contribution is 2.10. The third-order valence-corrected chi connectivity index (χ3v) is 2.56. The third kappa shape index (κ3) is 10.2. The van der Waals surface area contributed by atoms with E-state index in [1.54, 1.807) is 7.11 Å². The van der Waals surface area contributed by atoms with Crippen LogP contribution in [-0.2, 0) is 9.47 Å². The summed E-state index contributed by atoms with van der Waals surface area (Å²) < 4.78 is 10.8. The van der Waals surface area contributed by atoms with Gasteiger partial charge in [-0.25, -0.2) is 0 Å². The SMILES string of the molecule is CCCCCCCCC(OC)OCCC. The van der Waals surface area contributed by atoms with Gasteiger partial charge in [-0.15, -0.1) is 0 Å². The molecule has 0 spiro atoms. The lowest BCUT2D eigenvalue weighted by molar-refractivity contribution is -0.128. The molecule has 0 bridgehead atoms. The second-order valence-electron chi connectivity index (χ2n) is 4.09. The van der Waals surface area contributed by atoms with Gasteiger partial charge >= 0.3 is 0 Å². The molecule has 0 fully saturated rings. The number of rotatable bonds is 11. The summed E-state index contributed by atoms with van der Waals surface area (Å²) in [6, 6.07) is 0. The molecule has 1 unspecified atom stereocenters. The summed E-state index contributed by atoms with van der Waals surface area (Å²) in [5.74, 6) is 0. The van der Waals surface area contributed by atoms with E-state index < -0.39 is 0 Å². The van der Waals surface area contributed by atoms with Gasteiger partial charge in [-0.3, -0.25) is 0 Å². The molecule has 0 aliphatic carbocycles. The van der Waals surface area contributed by atoms with Crippen LogP contribution in [0.3, 0.4) is 0 Å². The lowest BCUT2D eigenvalue weighted by Gasteiger charge is -2.15. The molecule has 2 nitrogen and oxygen atoms in total. The van der Waals surface area contributed by atoms with Crippen LogP contribution in [0.1, 0.15) is 65.2 Å². The Balaban J connectivity index is 3.22. The summed E-state index contributed by atoms with van der Waals surface area (Å²) in [5.41, 5.74) is 0. The molecule has 0 aromatic heterocycles. The molecule has 1 atom stereocenters. The van der Waals surface area contributed by atoms with Crippen LogP contribution in [0, 0.1) is 0 Å². The average molecular weight is 216 g/mol. The van der Waals surface area contributed by atoms with E-state index in [1.807, 2.05) is 0 Å². The normalized spacial score (nSPS) is 13.0. The third-order valence-electron chi connectivity index (χ3n) is 2.56. The summed E-state index contributed by atoms with van der Waals surface area (Å²) in [5, 5.41) is 0. The first-order valence-electron chi connectivity index (χ1n) is 6.49. The minimum Gasteiger partial charge on any atom is -0.356 e. The van der Waals surface area contributed by atoms with Crippen LogP contribution in [0.2, 0.25) is 0 Å². The lowest BCUT2D eigenvalue weighted by atomic mass is 10.1. The molecule has 0 aromatic rings. The number of unbranched alkanes of at least 4 members (excludes halogenated alkanes) is 5. The molecule has 0 aliphatic rings. The van der Waals surface area contributed by atoms with Crippen molar-refractivity contribution in [3.05, 3.63) is 0 Å². The van der Waals surface area contributed by atoms with Crippen LogP contribution in [0.15, 0.2) is 0 Å². The van der Waals surface area contributed by atoms with Gasteiger partial charge in [-0.2, -0.15) is 0 Å². The first-order chi connectivity index (χ1) is 7.35. The van der Waals surface area contributed by atoms with Gasteiger partial charge in [-0.1, -0.05) is 46.0 Å². The Hall–Kier alpha value is -0.0800. The van der Waals surface area contributed by atoms with Gasteiger partial charge in [0.1, 0.15) is 0 Å². The quantitative estimate of drug-likeness (QED) is 0.382. The van der Waals surface area contributed by atoms with E-state index in [4.69, 9.17) is 9.47 Å². The Labute approximate surface area is 95.3 Å². The van der Waals surface area contributed by atoms with Gasteiger partial charge < -0.3 is 9.47 Å². The second kappa shape index (κ2) is 12.0. The molecule has 0 N–H and O–H groups in total. The molecular weight excluding hydrogens is 188 g/mol. The standard InChI is InChI=1S/C13H28O2/c1-4-6-7-8-9-10-11-13(14-3)15-12-5-2/h13H,4-12H2,1-3H3. The fraction of sp³-hybridized carbons (Fsp3) is 1.00. The zero-order valence-corrected chi connectivity index (χ0v) is 10.8. The monoisotopic (exact) mass is 216 g/mol. The minimum absolute atomic E-state index is 0.0242. The molecule has 0 heterocycles. The molecule has 0 aliphatic heterocycles. The Bertz CT molecular complexity index is 115. The number of methoxy groups -OCH3 is 1. The number of hydrogen-bond acceptors (Lipinski definition) is 2. The molecule has 0 radical (unpaired) electrons. The van der Waals surface area contributed by atoms with Gasteiger partial charge in [0.05, 0.1) is 0 Å². The van der Waals surface area contributed by atoms with Crippen molar-refractivity contribution in [1.29, 1.82) is 0 Å². The van der Waals surface area contributed by atoms with Gasteiger partial charge in [-0.05, 0) is 19.3 Å². The predicted molar refractivity (Wildman–Crippen MR) is 65.0 cm³/mol. The highest BCUT2D eigenvalue weighted by molar-refractivity contribution is 4.48. The summed E-state index contributed by atoms with van der Waals surface area (Å²) in [6.07, 6.45) is 10.1. The van der Waals surface area contributed by atoms with Crippen molar-refractivity contribution in [2.45, 2.75) is 71.5 Å². The van der Waals surface area contributed by atoms with Gasteiger partial charge in [0, 0.05) is 13.7 Å². The van der Waals surface area contributed by atoms with Crippen LogP contribution in [0.5, 0.6) is 0 Å². The Kier molecular flexibility index (Phi) is 11.9. The lowest BCUT2D eigenvalue weighted by Crippen LogP contribution is -2.15. The topological polar surface area (TPSA) is 18.5 Å². The fourth-order valence-electron chi connectivity index (χ4n) is 1.61. The fourth-order valence-corrected chi connectivity index (χ4v) is 1.61. The Morgan fingerprint density at radius 3 is 2.13 bits per heavy atom. The molecule has 2 heteroatoms. The summed E-state index contributed by atoms with van der Waals surface area (Å²) >= 11 is 0. The minimum atomic E-state index is 0.0242. The Morgan fingerprint density at radius 2 is 1.53 bits per heavy atom. The van der Waals surface area contributed by atoms with Gasteiger partial charge in [0.25, 0.3) is 0 Å². The molecule has 0 aromatic carbocycles. The van der Waals surface area contributed by atoms with E-state index in [9.17, 15) is 0 Å². The first-order valence-corrected chi connectivity index (χ1v) is 6.49. The van der Waals surface area contributed by atoms with E-state index in [-0.39, 0.29) is 6.29 Å². The van der Waals surface area contributed by atoms with Crippen molar-refractivity contribution >= 4 is 0 Å². The summed E-state index contributed by atoms with van der Waals surface area (Å²) in [7, 11) is 1.73.